The highest BCUT2D eigenvalue weighted by Gasteiger charge is 2.70. The van der Waals surface area contributed by atoms with Gasteiger partial charge in [-0.05, 0) is 54.1 Å². The summed E-state index contributed by atoms with van der Waals surface area (Å²) in [5.41, 5.74) is -1.16. The van der Waals surface area contributed by atoms with Crippen LogP contribution in [0.15, 0.2) is 78.9 Å². The normalized spacial score (nSPS) is 18.4. The van der Waals surface area contributed by atoms with Crippen molar-refractivity contribution in [2.75, 3.05) is 26.4 Å². The molecule has 3 aromatic rings. The molecule has 0 radical (unpaired) electrons. The molecule has 0 aliphatic carbocycles. The Kier molecular flexibility index (Phi) is 7.28. The van der Waals surface area contributed by atoms with E-state index >= 15 is 0 Å². The number of nitrogens with zero attached hydrogens (tertiary/aromatic N) is 1. The fourth-order valence-corrected chi connectivity index (χ4v) is 4.54. The molecule has 2 unspecified atom stereocenters. The molecule has 8 nitrogen and oxygen atoms in total. The summed E-state index contributed by atoms with van der Waals surface area (Å²) in [7, 11) is 3.78. The summed E-state index contributed by atoms with van der Waals surface area (Å²) in [6, 6.07) is 21.5. The van der Waals surface area contributed by atoms with E-state index in [1.54, 1.807) is 72.8 Å². The van der Waals surface area contributed by atoms with Gasteiger partial charge >= 0.3 is 11.9 Å². The van der Waals surface area contributed by atoms with Gasteiger partial charge in [0.2, 0.25) is 0 Å². The first kappa shape index (κ1) is 25.2. The second-order valence-electron chi connectivity index (χ2n) is 8.03. The van der Waals surface area contributed by atoms with Crippen LogP contribution in [-0.4, -0.2) is 44.6 Å². The van der Waals surface area contributed by atoms with Crippen LogP contribution in [0.1, 0.15) is 22.0 Å². The molecule has 1 saturated heterocycles. The molecule has 0 spiro atoms. The van der Waals surface area contributed by atoms with Crippen molar-refractivity contribution in [1.29, 1.82) is 0 Å². The molecule has 1 fully saturated rings. The highest BCUT2D eigenvalue weighted by molar-refractivity contribution is 6.30. The van der Waals surface area contributed by atoms with Crippen LogP contribution in [-0.2, 0) is 23.9 Å². The van der Waals surface area contributed by atoms with E-state index in [9.17, 15) is 14.4 Å². The molecule has 0 aromatic heterocycles. The Bertz CT molecular complexity index is 1230. The summed E-state index contributed by atoms with van der Waals surface area (Å²) < 4.78 is 15.4. The molecule has 0 saturated carbocycles. The predicted octanol–water partition coefficient (Wildman–Crippen LogP) is 4.43. The maximum atomic E-state index is 14.1. The van der Waals surface area contributed by atoms with Gasteiger partial charge in [-0.2, -0.15) is 0 Å². The number of Topliss-reactive ketones (excluding diaryl/α,β-unsaturated/α-hetero) is 1. The minimum atomic E-state index is -2.30. The first-order valence-electron chi connectivity index (χ1n) is 11.0. The Morgan fingerprint density at radius 3 is 1.94 bits per heavy atom. The molecule has 0 bridgehead atoms. The number of hydroxylamine groups is 1. The molecule has 36 heavy (non-hydrogen) atoms. The van der Waals surface area contributed by atoms with Crippen LogP contribution in [0.4, 0.5) is 5.69 Å². The van der Waals surface area contributed by atoms with Gasteiger partial charge in [0.15, 0.2) is 5.78 Å². The number of esters is 2. The second-order valence-corrected chi connectivity index (χ2v) is 8.46. The Hall–Kier alpha value is -3.88. The van der Waals surface area contributed by atoms with Crippen LogP contribution in [0, 0.1) is 5.92 Å². The van der Waals surface area contributed by atoms with Gasteiger partial charge in [-0.1, -0.05) is 41.9 Å². The zero-order valence-electron chi connectivity index (χ0n) is 19.8. The number of halogens is 1. The van der Waals surface area contributed by atoms with E-state index in [1.807, 2.05) is 6.07 Å². The van der Waals surface area contributed by atoms with Crippen LogP contribution in [0.2, 0.25) is 5.02 Å². The Morgan fingerprint density at radius 1 is 0.833 bits per heavy atom. The van der Waals surface area contributed by atoms with Crippen molar-refractivity contribution in [2.24, 2.45) is 5.92 Å². The van der Waals surface area contributed by atoms with Crippen molar-refractivity contribution < 1.29 is 33.4 Å². The minimum absolute atomic E-state index is 0.250. The lowest BCUT2D eigenvalue weighted by molar-refractivity contribution is -0.163. The van der Waals surface area contributed by atoms with E-state index < -0.39 is 35.3 Å². The predicted molar refractivity (Wildman–Crippen MR) is 132 cm³/mol. The van der Waals surface area contributed by atoms with Crippen molar-refractivity contribution >= 4 is 35.0 Å². The maximum Gasteiger partial charge on any atom is 0.346 e. The van der Waals surface area contributed by atoms with Gasteiger partial charge in [0.25, 0.3) is 5.54 Å². The number of rotatable bonds is 7. The molecule has 1 aliphatic heterocycles. The number of carbonyl (C=O) groups is 3. The number of hydrogen-bond donors (Lipinski definition) is 0. The SMILES string of the molecule is COC(=O)C1(C(=O)OC)C(C(=O)c2ccc(OC)cc2)C(c2ccccc2)ON1c1ccc(Cl)cc1. The van der Waals surface area contributed by atoms with Crippen molar-refractivity contribution in [3.8, 4) is 5.75 Å². The van der Waals surface area contributed by atoms with Crippen LogP contribution in [0.3, 0.4) is 0 Å². The monoisotopic (exact) mass is 509 g/mol. The number of ether oxygens (including phenoxy) is 3. The first-order valence-corrected chi connectivity index (χ1v) is 11.4. The van der Waals surface area contributed by atoms with Gasteiger partial charge in [-0.3, -0.25) is 9.63 Å². The zero-order chi connectivity index (χ0) is 25.9. The highest BCUT2D eigenvalue weighted by atomic mass is 35.5. The molecule has 0 amide bonds. The van der Waals surface area contributed by atoms with E-state index in [2.05, 4.69) is 0 Å². The van der Waals surface area contributed by atoms with Crippen LogP contribution >= 0.6 is 11.6 Å². The topological polar surface area (TPSA) is 91.4 Å². The summed E-state index contributed by atoms with van der Waals surface area (Å²) in [4.78, 5) is 47.5. The second kappa shape index (κ2) is 10.4. The minimum Gasteiger partial charge on any atom is -0.497 e. The largest absolute Gasteiger partial charge is 0.497 e. The number of carbonyl (C=O) groups excluding carboxylic acids is 3. The van der Waals surface area contributed by atoms with E-state index in [0.29, 0.717) is 22.0 Å². The quantitative estimate of drug-likeness (QED) is 0.262. The molecule has 2 atom stereocenters. The smallest absolute Gasteiger partial charge is 0.346 e. The average Bonchev–Trinajstić information content (AvgIpc) is 3.29. The summed E-state index contributed by atoms with van der Waals surface area (Å²) in [5.74, 6) is -3.35. The highest BCUT2D eigenvalue weighted by Crippen LogP contribution is 2.50. The molecule has 9 heteroatoms. The Morgan fingerprint density at radius 2 is 1.42 bits per heavy atom. The molecule has 1 heterocycles. The van der Waals surface area contributed by atoms with Gasteiger partial charge < -0.3 is 14.2 Å². The van der Waals surface area contributed by atoms with Gasteiger partial charge in [-0.25, -0.2) is 14.7 Å². The average molecular weight is 510 g/mol. The lowest BCUT2D eigenvalue weighted by atomic mass is 9.74. The number of anilines is 1. The fourth-order valence-electron chi connectivity index (χ4n) is 4.42. The summed E-state index contributed by atoms with van der Waals surface area (Å²) in [6.07, 6.45) is -1.03. The van der Waals surface area contributed by atoms with Crippen molar-refractivity contribution in [3.05, 3.63) is 95.0 Å². The number of hydrogen-bond acceptors (Lipinski definition) is 8. The Balaban J connectivity index is 1.99. The molecule has 4 rings (SSSR count). The van der Waals surface area contributed by atoms with Gasteiger partial charge in [0.05, 0.1) is 27.0 Å². The van der Waals surface area contributed by atoms with Crippen molar-refractivity contribution in [1.82, 2.24) is 0 Å². The van der Waals surface area contributed by atoms with E-state index in [-0.39, 0.29) is 5.56 Å². The maximum absolute atomic E-state index is 14.1. The first-order chi connectivity index (χ1) is 17.4. The summed E-state index contributed by atoms with van der Waals surface area (Å²) >= 11 is 6.07. The molecule has 3 aromatic carbocycles. The zero-order valence-corrected chi connectivity index (χ0v) is 20.6. The van der Waals surface area contributed by atoms with E-state index in [4.69, 9.17) is 30.6 Å². The number of methoxy groups -OCH3 is 3. The summed E-state index contributed by atoms with van der Waals surface area (Å²) in [5, 5.41) is 1.54. The molecular weight excluding hydrogens is 486 g/mol. The summed E-state index contributed by atoms with van der Waals surface area (Å²) in [6.45, 7) is 0. The third-order valence-corrected chi connectivity index (χ3v) is 6.38. The number of ketones is 1. The van der Waals surface area contributed by atoms with E-state index in [0.717, 1.165) is 19.3 Å². The fraction of sp³-hybridized carbons (Fsp3) is 0.222. The molecule has 1 aliphatic rings. The van der Waals surface area contributed by atoms with Crippen LogP contribution in [0.25, 0.3) is 0 Å². The molecule has 0 N–H and O–H groups in total. The van der Waals surface area contributed by atoms with E-state index in [1.165, 1.54) is 7.11 Å². The molecule has 186 valence electrons. The Labute approximate surface area is 213 Å². The standard InChI is InChI=1S/C27H24ClNO7/c1-33-21-15-9-17(10-16-21)23(30)22-24(18-7-5-4-6-8-18)36-29(20-13-11-19(28)12-14-20)27(22,25(31)34-2)26(32)35-3/h4-16,22,24H,1-3H3. The van der Waals surface area contributed by atoms with Crippen molar-refractivity contribution in [3.63, 3.8) is 0 Å². The van der Waals surface area contributed by atoms with Crippen LogP contribution < -0.4 is 9.80 Å². The third kappa shape index (κ3) is 4.19. The third-order valence-electron chi connectivity index (χ3n) is 6.13. The lowest BCUT2D eigenvalue weighted by Crippen LogP contribution is -2.63. The van der Waals surface area contributed by atoms with Crippen LogP contribution in [0.5, 0.6) is 5.75 Å². The van der Waals surface area contributed by atoms with Gasteiger partial charge in [0, 0.05) is 10.6 Å². The van der Waals surface area contributed by atoms with Gasteiger partial charge in [0.1, 0.15) is 17.8 Å². The van der Waals surface area contributed by atoms with Crippen molar-refractivity contribution in [2.45, 2.75) is 11.6 Å². The number of benzene rings is 3. The van der Waals surface area contributed by atoms with Gasteiger partial charge in [-0.15, -0.1) is 0 Å². The molecular formula is C27H24ClNO7. The lowest BCUT2D eigenvalue weighted by Gasteiger charge is -2.35.